The minimum atomic E-state index is 0. The maximum atomic E-state index is 5.70. The second-order valence-corrected chi connectivity index (χ2v) is 7.82. The predicted octanol–water partition coefficient (Wildman–Crippen LogP) is 5.79. The lowest BCUT2D eigenvalue weighted by Gasteiger charge is -2.38. The van der Waals surface area contributed by atoms with Crippen molar-refractivity contribution in [3.63, 3.8) is 0 Å². The fraction of sp³-hybridized carbons (Fsp3) is 0.400. The Hall–Kier alpha value is -2.30. The molecule has 3 aromatic rings. The lowest BCUT2D eigenvalue weighted by Crippen LogP contribution is -2.36. The van der Waals surface area contributed by atoms with Gasteiger partial charge in [-0.15, -0.1) is 19.0 Å². The van der Waals surface area contributed by atoms with Crippen molar-refractivity contribution in [1.29, 1.82) is 0 Å². The molecule has 3 heterocycles. The molecule has 1 unspecified atom stereocenters. The summed E-state index contributed by atoms with van der Waals surface area (Å²) in [7, 11) is 0. The number of halogens is 1. The van der Waals surface area contributed by atoms with Crippen LogP contribution in [0.5, 0.6) is 0 Å². The molecule has 30 heavy (non-hydrogen) atoms. The van der Waals surface area contributed by atoms with Crippen LogP contribution in [0.3, 0.4) is 0 Å². The zero-order valence-corrected chi connectivity index (χ0v) is 19.0. The number of hydrogen-bond donors (Lipinski definition) is 0. The van der Waals surface area contributed by atoms with Gasteiger partial charge in [-0.05, 0) is 49.4 Å². The number of aryl methyl sites for hydroxylation is 1. The maximum absolute atomic E-state index is 5.70. The van der Waals surface area contributed by atoms with Crippen molar-refractivity contribution in [3.8, 4) is 0 Å². The second-order valence-electron chi connectivity index (χ2n) is 7.82. The zero-order valence-electron chi connectivity index (χ0n) is 18.2. The molecule has 0 radical (unpaired) electrons. The molecule has 2 aromatic heterocycles. The number of anilines is 1. The van der Waals surface area contributed by atoms with Crippen LogP contribution in [0.4, 0.5) is 5.82 Å². The first kappa shape index (κ1) is 22.4. The lowest BCUT2D eigenvalue weighted by molar-refractivity contribution is 0.153. The fourth-order valence-corrected chi connectivity index (χ4v) is 4.73. The minimum Gasteiger partial charge on any atom is -0.376 e. The summed E-state index contributed by atoms with van der Waals surface area (Å²) in [6, 6.07) is 11.4. The number of pyridine rings is 1. The summed E-state index contributed by atoms with van der Waals surface area (Å²) in [6.45, 7) is 13.5. The van der Waals surface area contributed by atoms with Gasteiger partial charge in [0, 0.05) is 30.4 Å². The molecule has 0 saturated heterocycles. The Kier molecular flexibility index (Phi) is 7.22. The van der Waals surface area contributed by atoms with E-state index in [-0.39, 0.29) is 12.4 Å². The van der Waals surface area contributed by atoms with Crippen LogP contribution >= 0.6 is 12.4 Å². The first-order valence-corrected chi connectivity index (χ1v) is 10.6. The Bertz CT molecular complexity index is 1030. The molecule has 0 bridgehead atoms. The summed E-state index contributed by atoms with van der Waals surface area (Å²) in [5, 5.41) is 1.30. The van der Waals surface area contributed by atoms with Crippen LogP contribution in [0.25, 0.3) is 10.9 Å². The Morgan fingerprint density at radius 1 is 1.23 bits per heavy atom. The standard InChI is InChI=1S/C25H31N3O.ClH/c1-5-16-29-17-15-27-19(4)18(3)21-11-13-26-25(24(21)27)28-14-12-20-9-7-8-10-22(20)23(28)6-2;/h5,7-11,13,23H,1,6,12,14-17H2,2-4H3;1H. The first-order valence-electron chi connectivity index (χ1n) is 10.6. The van der Waals surface area contributed by atoms with Crippen LogP contribution in [0, 0.1) is 13.8 Å². The lowest BCUT2D eigenvalue weighted by atomic mass is 9.91. The van der Waals surface area contributed by atoms with Crippen LogP contribution in [-0.4, -0.2) is 29.3 Å². The van der Waals surface area contributed by atoms with E-state index in [4.69, 9.17) is 9.72 Å². The molecule has 0 aliphatic carbocycles. The van der Waals surface area contributed by atoms with Crippen molar-refractivity contribution in [2.45, 2.75) is 46.2 Å². The smallest absolute Gasteiger partial charge is 0.153 e. The Morgan fingerprint density at radius 2 is 2.03 bits per heavy atom. The molecule has 4 nitrogen and oxygen atoms in total. The van der Waals surface area contributed by atoms with Gasteiger partial charge in [0.15, 0.2) is 5.82 Å². The van der Waals surface area contributed by atoms with Crippen molar-refractivity contribution in [1.82, 2.24) is 9.55 Å². The van der Waals surface area contributed by atoms with Gasteiger partial charge in [0.05, 0.1) is 24.8 Å². The highest BCUT2D eigenvalue weighted by Gasteiger charge is 2.29. The maximum Gasteiger partial charge on any atom is 0.153 e. The largest absolute Gasteiger partial charge is 0.376 e. The summed E-state index contributed by atoms with van der Waals surface area (Å²) >= 11 is 0. The third-order valence-electron chi connectivity index (χ3n) is 6.29. The monoisotopic (exact) mass is 425 g/mol. The quantitative estimate of drug-likeness (QED) is 0.354. The first-order chi connectivity index (χ1) is 14.2. The van der Waals surface area contributed by atoms with E-state index in [0.29, 0.717) is 19.3 Å². The molecule has 5 heteroatoms. The third kappa shape index (κ3) is 3.86. The number of ether oxygens (including phenoxy) is 1. The molecule has 1 aliphatic rings. The third-order valence-corrected chi connectivity index (χ3v) is 6.29. The highest BCUT2D eigenvalue weighted by molar-refractivity contribution is 5.93. The molecular formula is C25H32ClN3O. The van der Waals surface area contributed by atoms with E-state index in [1.807, 2.05) is 6.20 Å². The highest BCUT2D eigenvalue weighted by atomic mass is 35.5. The van der Waals surface area contributed by atoms with Gasteiger partial charge in [0.25, 0.3) is 0 Å². The van der Waals surface area contributed by atoms with E-state index in [2.05, 4.69) is 67.1 Å². The fourth-order valence-electron chi connectivity index (χ4n) is 4.73. The molecular weight excluding hydrogens is 394 g/mol. The second kappa shape index (κ2) is 9.67. The van der Waals surface area contributed by atoms with Gasteiger partial charge in [-0.1, -0.05) is 37.3 Å². The van der Waals surface area contributed by atoms with Gasteiger partial charge in [0.2, 0.25) is 0 Å². The van der Waals surface area contributed by atoms with E-state index in [1.165, 1.54) is 33.3 Å². The van der Waals surface area contributed by atoms with E-state index in [9.17, 15) is 0 Å². The van der Waals surface area contributed by atoms with Gasteiger partial charge in [-0.3, -0.25) is 0 Å². The molecule has 1 aromatic carbocycles. The Balaban J connectivity index is 0.00000256. The molecule has 4 rings (SSSR count). The number of nitrogens with zero attached hydrogens (tertiary/aromatic N) is 3. The summed E-state index contributed by atoms with van der Waals surface area (Å²) < 4.78 is 8.09. The van der Waals surface area contributed by atoms with Crippen molar-refractivity contribution in [2.75, 3.05) is 24.7 Å². The van der Waals surface area contributed by atoms with Crippen molar-refractivity contribution in [3.05, 3.63) is 71.6 Å². The van der Waals surface area contributed by atoms with Gasteiger partial charge in [0.1, 0.15) is 0 Å². The Labute approximate surface area is 186 Å². The van der Waals surface area contributed by atoms with Crippen LogP contribution in [0.1, 0.15) is 41.8 Å². The van der Waals surface area contributed by atoms with Gasteiger partial charge >= 0.3 is 0 Å². The number of aromatic nitrogens is 2. The number of rotatable bonds is 7. The van der Waals surface area contributed by atoms with E-state index >= 15 is 0 Å². The Morgan fingerprint density at radius 3 is 2.80 bits per heavy atom. The molecule has 160 valence electrons. The summed E-state index contributed by atoms with van der Waals surface area (Å²) in [5.41, 5.74) is 6.78. The van der Waals surface area contributed by atoms with E-state index in [0.717, 1.165) is 31.7 Å². The van der Waals surface area contributed by atoms with Crippen molar-refractivity contribution in [2.24, 2.45) is 0 Å². The average molecular weight is 426 g/mol. The molecule has 0 spiro atoms. The van der Waals surface area contributed by atoms with Crippen LogP contribution in [-0.2, 0) is 17.7 Å². The number of benzene rings is 1. The topological polar surface area (TPSA) is 30.3 Å². The van der Waals surface area contributed by atoms with Crippen LogP contribution in [0.2, 0.25) is 0 Å². The number of hydrogen-bond acceptors (Lipinski definition) is 3. The van der Waals surface area contributed by atoms with Crippen LogP contribution in [0.15, 0.2) is 49.2 Å². The van der Waals surface area contributed by atoms with Gasteiger partial charge in [-0.2, -0.15) is 0 Å². The molecule has 0 amide bonds. The van der Waals surface area contributed by atoms with E-state index < -0.39 is 0 Å². The summed E-state index contributed by atoms with van der Waals surface area (Å²) in [5.74, 6) is 1.10. The minimum absolute atomic E-state index is 0. The molecule has 0 saturated carbocycles. The SMILES string of the molecule is C=CCOCCn1c(C)c(C)c2ccnc(N3CCc4ccccc4C3CC)c21.Cl. The molecule has 0 fully saturated rings. The highest BCUT2D eigenvalue weighted by Crippen LogP contribution is 2.39. The normalized spacial score (nSPS) is 15.7. The van der Waals surface area contributed by atoms with Crippen molar-refractivity contribution < 1.29 is 4.74 Å². The zero-order chi connectivity index (χ0) is 20.4. The molecule has 1 aliphatic heterocycles. The average Bonchev–Trinajstić information content (AvgIpc) is 3.00. The molecule has 0 N–H and O–H groups in total. The number of fused-ring (bicyclic) bond motifs is 2. The van der Waals surface area contributed by atoms with Crippen molar-refractivity contribution >= 4 is 29.1 Å². The molecule has 1 atom stereocenters. The van der Waals surface area contributed by atoms with Gasteiger partial charge in [-0.25, -0.2) is 4.98 Å². The summed E-state index contributed by atoms with van der Waals surface area (Å²) in [6.07, 6.45) is 5.90. The summed E-state index contributed by atoms with van der Waals surface area (Å²) in [4.78, 5) is 7.43. The van der Waals surface area contributed by atoms with E-state index in [1.54, 1.807) is 6.08 Å². The predicted molar refractivity (Wildman–Crippen MR) is 128 cm³/mol. The van der Waals surface area contributed by atoms with Gasteiger partial charge < -0.3 is 14.2 Å². The van der Waals surface area contributed by atoms with Crippen LogP contribution < -0.4 is 4.90 Å².